The van der Waals surface area contributed by atoms with Crippen molar-refractivity contribution in [2.45, 2.75) is 45.4 Å². The molecule has 0 aliphatic carbocycles. The van der Waals surface area contributed by atoms with Crippen LogP contribution in [0.4, 0.5) is 15.3 Å². The number of amides is 2. The van der Waals surface area contributed by atoms with Gasteiger partial charge in [-0.05, 0) is 38.5 Å². The zero-order chi connectivity index (χ0) is 22.1. The first kappa shape index (κ1) is 22.7. The molecule has 160 valence electrons. The van der Waals surface area contributed by atoms with E-state index < -0.39 is 29.8 Å². The van der Waals surface area contributed by atoms with Crippen molar-refractivity contribution in [3.8, 4) is 0 Å². The van der Waals surface area contributed by atoms with Crippen molar-refractivity contribution in [3.05, 3.63) is 59.9 Å². The first-order chi connectivity index (χ1) is 14.1. The molecule has 3 N–H and O–H groups in total. The lowest BCUT2D eigenvalue weighted by Gasteiger charge is -2.22. The average molecular weight is 415 g/mol. The number of hydrogen-bond donors (Lipinski definition) is 3. The fraction of sp³-hybridized carbons (Fsp3) is 0.333. The molecule has 0 aliphatic heterocycles. The van der Waals surface area contributed by atoms with Crippen molar-refractivity contribution < 1.29 is 29.0 Å². The summed E-state index contributed by atoms with van der Waals surface area (Å²) in [6.07, 6.45) is -0.163. The van der Waals surface area contributed by atoms with Gasteiger partial charge in [0.15, 0.2) is 0 Å². The molecular formula is C21H25N3O6. The number of aromatic nitrogens is 1. The maximum atomic E-state index is 12.0. The number of benzene rings is 1. The Morgan fingerprint density at radius 2 is 1.80 bits per heavy atom. The molecule has 0 fully saturated rings. The molecule has 2 aromatic rings. The minimum Gasteiger partial charge on any atom is -0.480 e. The average Bonchev–Trinajstić information content (AvgIpc) is 2.65. The molecule has 0 spiro atoms. The first-order valence-corrected chi connectivity index (χ1v) is 9.27. The third kappa shape index (κ3) is 8.17. The Morgan fingerprint density at radius 1 is 1.10 bits per heavy atom. The van der Waals surface area contributed by atoms with E-state index in [0.717, 1.165) is 5.56 Å². The molecular weight excluding hydrogens is 390 g/mol. The van der Waals surface area contributed by atoms with Gasteiger partial charge in [0, 0.05) is 24.0 Å². The number of rotatable bonds is 7. The van der Waals surface area contributed by atoms with Gasteiger partial charge in [-0.25, -0.2) is 14.4 Å². The van der Waals surface area contributed by atoms with E-state index in [-0.39, 0.29) is 13.0 Å². The van der Waals surface area contributed by atoms with Crippen molar-refractivity contribution in [2.24, 2.45) is 0 Å². The number of carbonyl (C=O) groups is 3. The summed E-state index contributed by atoms with van der Waals surface area (Å²) >= 11 is 0. The number of carbonyl (C=O) groups excluding carboxylic acids is 2. The van der Waals surface area contributed by atoms with Gasteiger partial charge in [-0.15, -0.1) is 0 Å². The first-order valence-electron chi connectivity index (χ1n) is 9.27. The van der Waals surface area contributed by atoms with Gasteiger partial charge in [0.1, 0.15) is 18.2 Å². The van der Waals surface area contributed by atoms with Crippen LogP contribution in [0.5, 0.6) is 0 Å². The SMILES string of the molecule is CC(C)(C)OC(=O)N[C@@H](Cc1cc(NC(=O)OCc2ccccc2)ccn1)C(=O)O. The highest BCUT2D eigenvalue weighted by Crippen LogP contribution is 2.12. The minimum absolute atomic E-state index is 0.0941. The number of ether oxygens (including phenoxy) is 2. The molecule has 0 radical (unpaired) electrons. The second-order valence-electron chi connectivity index (χ2n) is 7.46. The van der Waals surface area contributed by atoms with Crippen LogP contribution in [0.3, 0.4) is 0 Å². The van der Waals surface area contributed by atoms with Crippen LogP contribution in [0.1, 0.15) is 32.0 Å². The van der Waals surface area contributed by atoms with E-state index in [2.05, 4.69) is 15.6 Å². The molecule has 0 aliphatic rings. The molecule has 2 amide bonds. The second kappa shape index (κ2) is 10.2. The van der Waals surface area contributed by atoms with Crippen LogP contribution in [-0.4, -0.2) is 39.9 Å². The molecule has 0 saturated heterocycles. The van der Waals surface area contributed by atoms with Crippen LogP contribution < -0.4 is 10.6 Å². The molecule has 9 heteroatoms. The molecule has 2 rings (SSSR count). The summed E-state index contributed by atoms with van der Waals surface area (Å²) < 4.78 is 10.2. The van der Waals surface area contributed by atoms with Crippen LogP contribution in [0, 0.1) is 0 Å². The van der Waals surface area contributed by atoms with Crippen molar-refractivity contribution >= 4 is 23.8 Å². The normalized spacial score (nSPS) is 11.8. The Labute approximate surface area is 174 Å². The summed E-state index contributed by atoms with van der Waals surface area (Å²) in [5.41, 5.74) is 0.842. The Balaban J connectivity index is 1.94. The van der Waals surface area contributed by atoms with Crippen molar-refractivity contribution in [1.29, 1.82) is 0 Å². The van der Waals surface area contributed by atoms with Crippen LogP contribution in [0.15, 0.2) is 48.7 Å². The molecule has 1 aromatic carbocycles. The van der Waals surface area contributed by atoms with Crippen LogP contribution >= 0.6 is 0 Å². The monoisotopic (exact) mass is 415 g/mol. The van der Waals surface area contributed by atoms with Gasteiger partial charge in [-0.1, -0.05) is 30.3 Å². The van der Waals surface area contributed by atoms with E-state index in [4.69, 9.17) is 9.47 Å². The summed E-state index contributed by atoms with van der Waals surface area (Å²) in [6, 6.07) is 11.0. The molecule has 1 aromatic heterocycles. The molecule has 0 saturated carbocycles. The fourth-order valence-corrected chi connectivity index (χ4v) is 2.40. The van der Waals surface area contributed by atoms with E-state index in [9.17, 15) is 19.5 Å². The number of alkyl carbamates (subject to hydrolysis) is 1. The molecule has 0 unspecified atom stereocenters. The number of hydrogen-bond acceptors (Lipinski definition) is 6. The number of nitrogens with one attached hydrogen (secondary N) is 2. The van der Waals surface area contributed by atoms with Crippen LogP contribution in [0.2, 0.25) is 0 Å². The minimum atomic E-state index is -1.24. The summed E-state index contributed by atoms with van der Waals surface area (Å²) in [5.74, 6) is -1.23. The lowest BCUT2D eigenvalue weighted by molar-refractivity contribution is -0.139. The third-order valence-corrected chi connectivity index (χ3v) is 3.68. The molecule has 9 nitrogen and oxygen atoms in total. The highest BCUT2D eigenvalue weighted by Gasteiger charge is 2.24. The smallest absolute Gasteiger partial charge is 0.411 e. The van der Waals surface area contributed by atoms with Crippen LogP contribution in [-0.2, 0) is 27.3 Å². The van der Waals surface area contributed by atoms with Gasteiger partial charge in [-0.2, -0.15) is 0 Å². The Morgan fingerprint density at radius 3 is 2.43 bits per heavy atom. The van der Waals surface area contributed by atoms with Crippen molar-refractivity contribution in [2.75, 3.05) is 5.32 Å². The summed E-state index contributed by atoms with van der Waals surface area (Å²) in [7, 11) is 0. The van der Waals surface area contributed by atoms with Crippen molar-refractivity contribution in [1.82, 2.24) is 10.3 Å². The standard InChI is InChI=1S/C21H25N3O6/c1-21(2,3)30-20(28)24-17(18(25)26)12-16-11-15(9-10-22-16)23-19(27)29-13-14-7-5-4-6-8-14/h4-11,17H,12-13H2,1-3H3,(H,24,28)(H,25,26)(H,22,23,27)/t17-/m0/s1. The van der Waals surface area contributed by atoms with Crippen LogP contribution in [0.25, 0.3) is 0 Å². The topological polar surface area (TPSA) is 127 Å². The quantitative estimate of drug-likeness (QED) is 0.633. The van der Waals surface area contributed by atoms with Gasteiger partial charge in [-0.3, -0.25) is 10.3 Å². The lowest BCUT2D eigenvalue weighted by atomic mass is 10.1. The van der Waals surface area contributed by atoms with Gasteiger partial charge in [0.05, 0.1) is 0 Å². The second-order valence-corrected chi connectivity index (χ2v) is 7.46. The molecule has 1 atom stereocenters. The number of nitrogens with zero attached hydrogens (tertiary/aromatic N) is 1. The van der Waals surface area contributed by atoms with Gasteiger partial charge in [0.2, 0.25) is 0 Å². The number of carboxylic acid groups (broad SMARTS) is 1. The predicted octanol–water partition coefficient (Wildman–Crippen LogP) is 3.35. The van der Waals surface area contributed by atoms with E-state index in [1.807, 2.05) is 30.3 Å². The predicted molar refractivity (Wildman–Crippen MR) is 109 cm³/mol. The highest BCUT2D eigenvalue weighted by molar-refractivity contribution is 5.84. The van der Waals surface area contributed by atoms with E-state index in [0.29, 0.717) is 11.4 Å². The summed E-state index contributed by atoms with van der Waals surface area (Å²) in [6.45, 7) is 5.15. The van der Waals surface area contributed by atoms with Gasteiger partial charge < -0.3 is 19.9 Å². The molecule has 1 heterocycles. The Bertz CT molecular complexity index is 880. The number of aliphatic carboxylic acids is 1. The fourth-order valence-electron chi connectivity index (χ4n) is 2.40. The van der Waals surface area contributed by atoms with E-state index >= 15 is 0 Å². The van der Waals surface area contributed by atoms with E-state index in [1.54, 1.807) is 26.8 Å². The van der Waals surface area contributed by atoms with Gasteiger partial charge >= 0.3 is 18.2 Å². The number of carboxylic acids is 1. The maximum Gasteiger partial charge on any atom is 0.411 e. The third-order valence-electron chi connectivity index (χ3n) is 3.68. The Kier molecular flexibility index (Phi) is 7.74. The Hall–Kier alpha value is -3.62. The zero-order valence-electron chi connectivity index (χ0n) is 17.0. The van der Waals surface area contributed by atoms with Crippen molar-refractivity contribution in [3.63, 3.8) is 0 Å². The highest BCUT2D eigenvalue weighted by atomic mass is 16.6. The summed E-state index contributed by atoms with van der Waals surface area (Å²) in [4.78, 5) is 39.5. The van der Waals surface area contributed by atoms with Gasteiger partial charge in [0.25, 0.3) is 0 Å². The molecule has 30 heavy (non-hydrogen) atoms. The number of pyridine rings is 1. The summed E-state index contributed by atoms with van der Waals surface area (Å²) in [5, 5.41) is 14.3. The number of anilines is 1. The maximum absolute atomic E-state index is 12.0. The zero-order valence-corrected chi connectivity index (χ0v) is 17.0. The van der Waals surface area contributed by atoms with E-state index in [1.165, 1.54) is 12.3 Å². The largest absolute Gasteiger partial charge is 0.480 e. The molecule has 0 bridgehead atoms. The lowest BCUT2D eigenvalue weighted by Crippen LogP contribution is -2.44.